The number of hydrogen-bond donors (Lipinski definition) is 2. The van der Waals surface area contributed by atoms with Gasteiger partial charge in [0.15, 0.2) is 0 Å². The summed E-state index contributed by atoms with van der Waals surface area (Å²) in [6, 6.07) is 9.38. The zero-order valence-electron chi connectivity index (χ0n) is 20.1. The molecule has 0 aliphatic rings. The number of carbonyl (C=O) groups excluding carboxylic acids is 1. The van der Waals surface area contributed by atoms with Crippen LogP contribution in [0.15, 0.2) is 30.3 Å². The molecular weight excluding hydrogens is 386 g/mol. The number of carbonyl (C=O) groups is 1. The third-order valence-corrected chi connectivity index (χ3v) is 6.02. The van der Waals surface area contributed by atoms with Crippen molar-refractivity contribution < 1.29 is 14.6 Å². The largest absolute Gasteiger partial charge is 0.445 e. The molecule has 4 nitrogen and oxygen atoms in total. The molecule has 4 heteroatoms. The summed E-state index contributed by atoms with van der Waals surface area (Å²) >= 11 is 0. The second-order valence-electron chi connectivity index (χ2n) is 8.82. The van der Waals surface area contributed by atoms with E-state index in [9.17, 15) is 9.90 Å². The van der Waals surface area contributed by atoms with Crippen LogP contribution in [0.1, 0.15) is 116 Å². The predicted molar refractivity (Wildman–Crippen MR) is 130 cm³/mol. The average Bonchev–Trinajstić information content (AvgIpc) is 2.79. The summed E-state index contributed by atoms with van der Waals surface area (Å²) in [5, 5.41) is 13.3. The highest BCUT2D eigenvalue weighted by atomic mass is 16.5. The minimum atomic E-state index is -0.512. The van der Waals surface area contributed by atoms with Crippen LogP contribution >= 0.6 is 0 Å². The van der Waals surface area contributed by atoms with Gasteiger partial charge < -0.3 is 15.2 Å². The molecule has 0 spiro atoms. The Balaban J connectivity index is 2.00. The van der Waals surface area contributed by atoms with Gasteiger partial charge in [0.25, 0.3) is 0 Å². The fourth-order valence-corrected chi connectivity index (χ4v) is 3.96. The van der Waals surface area contributed by atoms with Crippen molar-refractivity contribution in [2.75, 3.05) is 0 Å². The van der Waals surface area contributed by atoms with Crippen LogP contribution in [-0.2, 0) is 11.3 Å². The molecule has 2 N–H and O–H groups in total. The van der Waals surface area contributed by atoms with Crippen molar-refractivity contribution in [1.29, 1.82) is 0 Å². The number of benzene rings is 1. The molecule has 2 unspecified atom stereocenters. The minimum absolute atomic E-state index is 0.248. The number of alkyl carbamates (subject to hydrolysis) is 1. The molecule has 2 atom stereocenters. The molecule has 178 valence electrons. The van der Waals surface area contributed by atoms with Gasteiger partial charge >= 0.3 is 6.09 Å². The van der Waals surface area contributed by atoms with Gasteiger partial charge in [0.05, 0.1) is 12.1 Å². The zero-order chi connectivity index (χ0) is 22.6. The standard InChI is InChI=1S/C27H47NO3/c1-3-5-6-7-8-9-10-11-12-13-14-15-19-22-26(29)25(4-2)28-27(30)31-23-24-20-17-16-18-21-24/h16-18,20-21,25-26,29H,3-15,19,22-23H2,1-2H3,(H,28,30). The number of ether oxygens (including phenoxy) is 1. The van der Waals surface area contributed by atoms with Crippen molar-refractivity contribution in [3.05, 3.63) is 35.9 Å². The van der Waals surface area contributed by atoms with Crippen LogP contribution in [0.4, 0.5) is 4.79 Å². The zero-order valence-corrected chi connectivity index (χ0v) is 20.1. The van der Waals surface area contributed by atoms with E-state index < -0.39 is 12.2 Å². The molecule has 0 bridgehead atoms. The third kappa shape index (κ3) is 15.0. The Bertz CT molecular complexity index is 535. The van der Waals surface area contributed by atoms with Crippen LogP contribution in [0.3, 0.4) is 0 Å². The fourth-order valence-electron chi connectivity index (χ4n) is 3.96. The summed E-state index contributed by atoms with van der Waals surface area (Å²) in [5.74, 6) is 0. The van der Waals surface area contributed by atoms with Crippen LogP contribution in [-0.4, -0.2) is 23.3 Å². The van der Waals surface area contributed by atoms with Crippen LogP contribution < -0.4 is 5.32 Å². The maximum absolute atomic E-state index is 12.0. The molecule has 0 saturated carbocycles. The van der Waals surface area contributed by atoms with Gasteiger partial charge in [-0.15, -0.1) is 0 Å². The Morgan fingerprint density at radius 3 is 1.87 bits per heavy atom. The van der Waals surface area contributed by atoms with Gasteiger partial charge in [-0.1, -0.05) is 128 Å². The van der Waals surface area contributed by atoms with Gasteiger partial charge in [-0.2, -0.15) is 0 Å². The lowest BCUT2D eigenvalue weighted by atomic mass is 10.0. The maximum Gasteiger partial charge on any atom is 0.407 e. The summed E-state index contributed by atoms with van der Waals surface area (Å²) < 4.78 is 5.27. The third-order valence-electron chi connectivity index (χ3n) is 6.02. The molecule has 1 aromatic carbocycles. The summed E-state index contributed by atoms with van der Waals surface area (Å²) in [4.78, 5) is 12.0. The highest BCUT2D eigenvalue weighted by Gasteiger charge is 2.19. The minimum Gasteiger partial charge on any atom is -0.445 e. The van der Waals surface area contributed by atoms with Crippen molar-refractivity contribution >= 4 is 6.09 Å². The van der Waals surface area contributed by atoms with Gasteiger partial charge in [0, 0.05) is 0 Å². The first-order valence-corrected chi connectivity index (χ1v) is 12.8. The number of nitrogens with one attached hydrogen (secondary N) is 1. The predicted octanol–water partition coefficient (Wildman–Crippen LogP) is 7.53. The summed E-state index contributed by atoms with van der Waals surface area (Å²) in [7, 11) is 0. The van der Waals surface area contributed by atoms with Crippen LogP contribution in [0.2, 0.25) is 0 Å². The van der Waals surface area contributed by atoms with E-state index in [1.807, 2.05) is 37.3 Å². The molecule has 0 aliphatic heterocycles. The quantitative estimate of drug-likeness (QED) is 0.222. The first kappa shape index (κ1) is 27.5. The van der Waals surface area contributed by atoms with Crippen molar-refractivity contribution in [3.63, 3.8) is 0 Å². The van der Waals surface area contributed by atoms with Gasteiger partial charge in [-0.3, -0.25) is 0 Å². The summed E-state index contributed by atoms with van der Waals surface area (Å²) in [6.07, 6.45) is 17.6. The molecule has 1 aromatic rings. The molecular formula is C27H47NO3. The van der Waals surface area contributed by atoms with E-state index in [2.05, 4.69) is 12.2 Å². The normalized spacial score (nSPS) is 13.0. The lowest BCUT2D eigenvalue weighted by Crippen LogP contribution is -2.43. The van der Waals surface area contributed by atoms with Crippen LogP contribution in [0, 0.1) is 0 Å². The van der Waals surface area contributed by atoms with Crippen LogP contribution in [0.25, 0.3) is 0 Å². The number of unbranched alkanes of at least 4 members (excludes halogenated alkanes) is 12. The first-order valence-electron chi connectivity index (χ1n) is 12.8. The highest BCUT2D eigenvalue weighted by Crippen LogP contribution is 2.15. The molecule has 0 radical (unpaired) electrons. The van der Waals surface area contributed by atoms with E-state index in [1.165, 1.54) is 70.6 Å². The Kier molecular flexibility index (Phi) is 17.0. The smallest absolute Gasteiger partial charge is 0.407 e. The average molecular weight is 434 g/mol. The van der Waals surface area contributed by atoms with E-state index >= 15 is 0 Å². The number of hydrogen-bond acceptors (Lipinski definition) is 3. The number of amides is 1. The number of rotatable bonds is 19. The Morgan fingerprint density at radius 1 is 0.839 bits per heavy atom. The summed E-state index contributed by atoms with van der Waals surface area (Å²) in [6.45, 7) is 4.50. The molecule has 31 heavy (non-hydrogen) atoms. The molecule has 0 aliphatic carbocycles. The molecule has 0 aromatic heterocycles. The lowest BCUT2D eigenvalue weighted by molar-refractivity contribution is 0.0935. The van der Waals surface area contributed by atoms with Crippen molar-refractivity contribution in [2.45, 2.75) is 129 Å². The molecule has 0 fully saturated rings. The Labute approximate surface area is 191 Å². The monoisotopic (exact) mass is 433 g/mol. The van der Waals surface area contributed by atoms with E-state index in [0.717, 1.165) is 24.8 Å². The lowest BCUT2D eigenvalue weighted by Gasteiger charge is -2.22. The second-order valence-corrected chi connectivity index (χ2v) is 8.82. The molecule has 1 amide bonds. The highest BCUT2D eigenvalue weighted by molar-refractivity contribution is 5.67. The van der Waals surface area contributed by atoms with E-state index in [1.54, 1.807) is 0 Å². The van der Waals surface area contributed by atoms with Gasteiger partial charge in [-0.25, -0.2) is 4.79 Å². The number of aliphatic hydroxyl groups is 1. The SMILES string of the molecule is CCCCCCCCCCCCCCCC(O)C(CC)NC(=O)OCc1ccccc1. The van der Waals surface area contributed by atoms with E-state index in [0.29, 0.717) is 6.42 Å². The molecule has 0 heterocycles. The first-order chi connectivity index (χ1) is 15.2. The Morgan fingerprint density at radius 2 is 1.35 bits per heavy atom. The van der Waals surface area contributed by atoms with Gasteiger partial charge in [0.1, 0.15) is 6.61 Å². The maximum atomic E-state index is 12.0. The van der Waals surface area contributed by atoms with Gasteiger partial charge in [-0.05, 0) is 18.4 Å². The van der Waals surface area contributed by atoms with Crippen molar-refractivity contribution in [2.24, 2.45) is 0 Å². The molecule has 1 rings (SSSR count). The topological polar surface area (TPSA) is 58.6 Å². The van der Waals surface area contributed by atoms with Crippen molar-refractivity contribution in [3.8, 4) is 0 Å². The second kappa shape index (κ2) is 19.2. The fraction of sp³-hybridized carbons (Fsp3) is 0.741. The van der Waals surface area contributed by atoms with E-state index in [-0.39, 0.29) is 12.6 Å². The summed E-state index contributed by atoms with van der Waals surface area (Å²) in [5.41, 5.74) is 0.957. The van der Waals surface area contributed by atoms with Crippen LogP contribution in [0.5, 0.6) is 0 Å². The Hall–Kier alpha value is -1.55. The molecule has 0 saturated heterocycles. The number of aliphatic hydroxyl groups excluding tert-OH is 1. The van der Waals surface area contributed by atoms with Gasteiger partial charge in [0.2, 0.25) is 0 Å². The van der Waals surface area contributed by atoms with Crippen molar-refractivity contribution in [1.82, 2.24) is 5.32 Å². The van der Waals surface area contributed by atoms with E-state index in [4.69, 9.17) is 4.74 Å².